The zero-order valence-electron chi connectivity index (χ0n) is 5.05. The molecule has 0 rings (SSSR count). The molecule has 0 saturated carbocycles. The molecule has 0 aliphatic carbocycles. The lowest BCUT2D eigenvalue weighted by Crippen LogP contribution is -1.76. The van der Waals surface area contributed by atoms with Crippen LogP contribution in [0.25, 0.3) is 0 Å². The third-order valence-corrected chi connectivity index (χ3v) is 1.51. The molecule has 0 unspecified atom stereocenters. The van der Waals surface area contributed by atoms with Crippen LogP contribution in [0.4, 0.5) is 0 Å². The molecule has 2 heteroatoms. The van der Waals surface area contributed by atoms with E-state index < -0.39 is 0 Å². The second kappa shape index (κ2) is 4.78. The fraction of sp³-hybridized carbons (Fsp3) is 0.333. The normalized spacial score (nSPS) is 10.1. The lowest BCUT2D eigenvalue weighted by molar-refractivity contribution is 1.44. The van der Waals surface area contributed by atoms with E-state index in [1.807, 2.05) is 12.3 Å². The Bertz CT molecular complexity index is 96.7. The maximum absolute atomic E-state index is 5.08. The van der Waals surface area contributed by atoms with Crippen molar-refractivity contribution in [1.82, 2.24) is 0 Å². The van der Waals surface area contributed by atoms with Gasteiger partial charge in [0.1, 0.15) is 0 Å². The molecule has 0 atom stereocenters. The van der Waals surface area contributed by atoms with Gasteiger partial charge in [-0.25, -0.2) is 0 Å². The first-order chi connectivity index (χ1) is 3.77. The molecule has 1 nitrogen and oxygen atoms in total. The first kappa shape index (κ1) is 7.63. The minimum atomic E-state index is 0.966. The van der Waals surface area contributed by atoms with Crippen molar-refractivity contribution in [2.75, 3.05) is 5.75 Å². The fourth-order valence-electron chi connectivity index (χ4n) is 0.246. The second-order valence-electron chi connectivity index (χ2n) is 1.60. The third kappa shape index (κ3) is 5.63. The summed E-state index contributed by atoms with van der Waals surface area (Å²) in [5.74, 6) is 0.966. The molecule has 0 aliphatic rings. The molecule has 0 aromatic rings. The maximum Gasteiger partial charge on any atom is 0.0179 e. The molecule has 0 bridgehead atoms. The number of rotatable bonds is 3. The predicted molar refractivity (Wildman–Crippen MR) is 40.6 cm³/mol. The van der Waals surface area contributed by atoms with Gasteiger partial charge in [0.05, 0.1) is 0 Å². The minimum absolute atomic E-state index is 0.966. The lowest BCUT2D eigenvalue weighted by atomic mass is 10.4. The summed E-state index contributed by atoms with van der Waals surface area (Å²) in [5, 5.41) is 1.86. The topological polar surface area (TPSA) is 26.0 Å². The van der Waals surface area contributed by atoms with Gasteiger partial charge >= 0.3 is 0 Å². The van der Waals surface area contributed by atoms with E-state index in [2.05, 4.69) is 6.58 Å². The Hall–Kier alpha value is -0.370. The van der Waals surface area contributed by atoms with E-state index in [0.717, 1.165) is 5.75 Å². The maximum atomic E-state index is 5.08. The van der Waals surface area contributed by atoms with Gasteiger partial charge in [-0.05, 0) is 12.3 Å². The van der Waals surface area contributed by atoms with Gasteiger partial charge in [-0.1, -0.05) is 12.2 Å². The van der Waals surface area contributed by atoms with E-state index in [1.54, 1.807) is 11.8 Å². The Labute approximate surface area is 54.6 Å². The number of hydrogen-bond donors (Lipinski definition) is 1. The minimum Gasteiger partial charge on any atom is -0.404 e. The van der Waals surface area contributed by atoms with E-state index in [1.165, 1.54) is 11.8 Å². The summed E-state index contributed by atoms with van der Waals surface area (Å²) in [6, 6.07) is 0. The monoisotopic (exact) mass is 129 g/mol. The van der Waals surface area contributed by atoms with E-state index in [0.29, 0.717) is 0 Å². The zero-order valence-corrected chi connectivity index (χ0v) is 5.87. The van der Waals surface area contributed by atoms with Crippen molar-refractivity contribution >= 4 is 11.8 Å². The quantitative estimate of drug-likeness (QED) is 0.587. The highest BCUT2D eigenvalue weighted by molar-refractivity contribution is 8.02. The highest BCUT2D eigenvalue weighted by atomic mass is 32.2. The Morgan fingerprint density at radius 2 is 2.50 bits per heavy atom. The molecular weight excluding hydrogens is 118 g/mol. The molecular formula is C6H11NS. The number of thioether (sulfide) groups is 1. The van der Waals surface area contributed by atoms with E-state index in [4.69, 9.17) is 5.73 Å². The molecule has 0 amide bonds. The van der Waals surface area contributed by atoms with Crippen LogP contribution in [-0.2, 0) is 0 Å². The Balaban J connectivity index is 3.05. The van der Waals surface area contributed by atoms with Gasteiger partial charge in [-0.2, -0.15) is 0 Å². The third-order valence-electron chi connectivity index (χ3n) is 0.505. The van der Waals surface area contributed by atoms with Gasteiger partial charge in [0, 0.05) is 12.0 Å². The molecule has 0 aromatic carbocycles. The van der Waals surface area contributed by atoms with Crippen molar-refractivity contribution in [3.8, 4) is 0 Å². The summed E-state index contributed by atoms with van der Waals surface area (Å²) in [7, 11) is 0. The first-order valence-corrected chi connectivity index (χ1v) is 3.45. The second-order valence-corrected chi connectivity index (χ2v) is 2.49. The van der Waals surface area contributed by atoms with Crippen LogP contribution < -0.4 is 5.73 Å². The average molecular weight is 129 g/mol. The Morgan fingerprint density at radius 3 is 2.88 bits per heavy atom. The molecule has 0 fully saturated rings. The number of nitrogens with two attached hydrogens (primary N) is 1. The fourth-order valence-corrected chi connectivity index (χ4v) is 0.738. The smallest absolute Gasteiger partial charge is 0.0179 e. The zero-order chi connectivity index (χ0) is 6.41. The molecule has 46 valence electrons. The van der Waals surface area contributed by atoms with E-state index in [-0.39, 0.29) is 0 Å². The van der Waals surface area contributed by atoms with Crippen molar-refractivity contribution in [3.05, 3.63) is 23.8 Å². The van der Waals surface area contributed by atoms with Gasteiger partial charge in [0.15, 0.2) is 0 Å². The van der Waals surface area contributed by atoms with Crippen molar-refractivity contribution in [2.45, 2.75) is 6.92 Å². The van der Waals surface area contributed by atoms with E-state index in [9.17, 15) is 0 Å². The number of hydrogen-bond acceptors (Lipinski definition) is 2. The largest absolute Gasteiger partial charge is 0.404 e. The standard InChI is InChI=1S/C6H11NS/c1-6(2)5-8-4-3-7/h3-4H,1,5,7H2,2H3/b4-3-. The lowest BCUT2D eigenvalue weighted by Gasteiger charge is -1.89. The molecule has 0 radical (unpaired) electrons. The summed E-state index contributed by atoms with van der Waals surface area (Å²) in [6.45, 7) is 5.73. The first-order valence-electron chi connectivity index (χ1n) is 2.40. The summed E-state index contributed by atoms with van der Waals surface area (Å²) in [5.41, 5.74) is 6.26. The average Bonchev–Trinajstić information content (AvgIpc) is 1.66. The molecule has 0 spiro atoms. The van der Waals surface area contributed by atoms with Crippen LogP contribution in [0.1, 0.15) is 6.92 Å². The highest BCUT2D eigenvalue weighted by Gasteiger charge is 1.79. The van der Waals surface area contributed by atoms with Crippen molar-refractivity contribution in [2.24, 2.45) is 5.73 Å². The highest BCUT2D eigenvalue weighted by Crippen LogP contribution is 2.04. The van der Waals surface area contributed by atoms with Gasteiger partial charge in [-0.15, -0.1) is 11.8 Å². The Morgan fingerprint density at radius 1 is 1.88 bits per heavy atom. The summed E-state index contributed by atoms with van der Waals surface area (Å²) >= 11 is 1.66. The molecule has 0 aliphatic heterocycles. The van der Waals surface area contributed by atoms with Crippen molar-refractivity contribution < 1.29 is 0 Å². The van der Waals surface area contributed by atoms with Crippen molar-refractivity contribution in [1.29, 1.82) is 0 Å². The van der Waals surface area contributed by atoms with Crippen LogP contribution >= 0.6 is 11.8 Å². The molecule has 0 heterocycles. The van der Waals surface area contributed by atoms with Crippen LogP contribution in [0.15, 0.2) is 23.8 Å². The van der Waals surface area contributed by atoms with E-state index >= 15 is 0 Å². The van der Waals surface area contributed by atoms with Crippen molar-refractivity contribution in [3.63, 3.8) is 0 Å². The van der Waals surface area contributed by atoms with Crippen LogP contribution in [0.3, 0.4) is 0 Å². The van der Waals surface area contributed by atoms with Gasteiger partial charge in [0.2, 0.25) is 0 Å². The molecule has 8 heavy (non-hydrogen) atoms. The molecule has 0 aromatic heterocycles. The summed E-state index contributed by atoms with van der Waals surface area (Å²) in [6.07, 6.45) is 1.54. The SMILES string of the molecule is C=C(C)CS/C=C\N. The molecule has 2 N–H and O–H groups in total. The van der Waals surface area contributed by atoms with Gasteiger partial charge in [-0.3, -0.25) is 0 Å². The van der Waals surface area contributed by atoms with Crippen LogP contribution in [0.5, 0.6) is 0 Å². The van der Waals surface area contributed by atoms with Gasteiger partial charge in [0.25, 0.3) is 0 Å². The Kier molecular flexibility index (Phi) is 4.56. The van der Waals surface area contributed by atoms with Crippen LogP contribution in [-0.4, -0.2) is 5.75 Å². The predicted octanol–water partition coefficient (Wildman–Crippen LogP) is 1.73. The van der Waals surface area contributed by atoms with Crippen LogP contribution in [0, 0.1) is 0 Å². The van der Waals surface area contributed by atoms with Gasteiger partial charge < -0.3 is 5.73 Å². The van der Waals surface area contributed by atoms with Crippen LogP contribution in [0.2, 0.25) is 0 Å². The summed E-state index contributed by atoms with van der Waals surface area (Å²) in [4.78, 5) is 0. The molecule has 0 saturated heterocycles. The summed E-state index contributed by atoms with van der Waals surface area (Å²) < 4.78 is 0.